The van der Waals surface area contributed by atoms with Crippen molar-refractivity contribution in [1.29, 1.82) is 0 Å². The van der Waals surface area contributed by atoms with Crippen LogP contribution in [0.3, 0.4) is 0 Å². The van der Waals surface area contributed by atoms with Gasteiger partial charge >= 0.3 is 6.09 Å². The number of nitrogens with one attached hydrogen (secondary N) is 1. The first-order valence-corrected chi connectivity index (χ1v) is 14.5. The topological polar surface area (TPSA) is 74.4 Å². The first kappa shape index (κ1) is 29.1. The van der Waals surface area contributed by atoms with Crippen molar-refractivity contribution < 1.29 is 23.5 Å². The van der Waals surface area contributed by atoms with Gasteiger partial charge in [0.05, 0.1) is 34.9 Å². The molecule has 2 aromatic rings. The van der Waals surface area contributed by atoms with E-state index < -0.39 is 17.6 Å². The second-order valence-corrected chi connectivity index (χ2v) is 11.5. The third-order valence-electron chi connectivity index (χ3n) is 8.26. The van der Waals surface area contributed by atoms with Crippen molar-refractivity contribution in [3.05, 3.63) is 63.4 Å². The number of likely N-dealkylation sites (tertiary alicyclic amines) is 1. The third kappa shape index (κ3) is 6.39. The summed E-state index contributed by atoms with van der Waals surface area (Å²) in [4.78, 5) is 32.0. The maximum Gasteiger partial charge on any atom is 0.414 e. The summed E-state index contributed by atoms with van der Waals surface area (Å²) < 4.78 is 25.5. The lowest BCUT2D eigenvalue weighted by molar-refractivity contribution is -0.123. The van der Waals surface area contributed by atoms with Crippen molar-refractivity contribution in [2.45, 2.75) is 30.8 Å². The fourth-order valence-electron chi connectivity index (χ4n) is 5.84. The van der Waals surface area contributed by atoms with E-state index in [0.717, 1.165) is 25.2 Å². The van der Waals surface area contributed by atoms with Crippen LogP contribution >= 0.6 is 23.2 Å². The van der Waals surface area contributed by atoms with Crippen LogP contribution in [-0.4, -0.2) is 87.9 Å². The SMILES string of the molecule is CN1C(=O)OC2(CCN(CCC(C(=O)NCCN3CCOCC3)c3ccc(Cl)c(Cl)c3)CC2)c2cc(F)ccc21. The highest BCUT2D eigenvalue weighted by Gasteiger charge is 2.46. The van der Waals surface area contributed by atoms with Gasteiger partial charge in [0.1, 0.15) is 11.4 Å². The van der Waals surface area contributed by atoms with Crippen LogP contribution in [0.15, 0.2) is 36.4 Å². The van der Waals surface area contributed by atoms with E-state index in [9.17, 15) is 14.0 Å². The van der Waals surface area contributed by atoms with Gasteiger partial charge in [0.2, 0.25) is 5.91 Å². The molecular weight excluding hydrogens is 558 g/mol. The summed E-state index contributed by atoms with van der Waals surface area (Å²) in [5.41, 5.74) is 1.36. The Morgan fingerprint density at radius 1 is 1.02 bits per heavy atom. The number of hydrogen-bond acceptors (Lipinski definition) is 6. The largest absolute Gasteiger partial charge is 0.437 e. The Bertz CT molecular complexity index is 1230. The van der Waals surface area contributed by atoms with E-state index in [0.29, 0.717) is 80.0 Å². The predicted molar refractivity (Wildman–Crippen MR) is 153 cm³/mol. The second kappa shape index (κ2) is 12.6. The zero-order chi connectivity index (χ0) is 28.3. The van der Waals surface area contributed by atoms with Crippen LogP contribution in [-0.2, 0) is 19.9 Å². The maximum atomic E-state index is 14.2. The van der Waals surface area contributed by atoms with E-state index in [4.69, 9.17) is 32.7 Å². The van der Waals surface area contributed by atoms with Crippen LogP contribution in [0.1, 0.15) is 36.3 Å². The van der Waals surface area contributed by atoms with E-state index in [2.05, 4.69) is 15.1 Å². The number of nitrogens with zero attached hydrogens (tertiary/aromatic N) is 3. The molecule has 1 atom stereocenters. The van der Waals surface area contributed by atoms with Crippen molar-refractivity contribution in [3.8, 4) is 0 Å². The van der Waals surface area contributed by atoms with Gasteiger partial charge in [0.15, 0.2) is 0 Å². The van der Waals surface area contributed by atoms with Crippen molar-refractivity contribution in [1.82, 2.24) is 15.1 Å². The monoisotopic (exact) mass is 592 g/mol. The Labute approximate surface area is 244 Å². The van der Waals surface area contributed by atoms with E-state index in [1.165, 1.54) is 17.0 Å². The molecule has 40 heavy (non-hydrogen) atoms. The third-order valence-corrected chi connectivity index (χ3v) is 9.00. The van der Waals surface area contributed by atoms with E-state index in [1.807, 2.05) is 6.07 Å². The molecule has 3 heterocycles. The predicted octanol–water partition coefficient (Wildman–Crippen LogP) is 4.63. The van der Waals surface area contributed by atoms with E-state index in [1.54, 1.807) is 25.2 Å². The average molecular weight is 594 g/mol. The Morgan fingerprint density at radius 2 is 1.75 bits per heavy atom. The molecule has 216 valence electrons. The molecule has 3 aliphatic rings. The van der Waals surface area contributed by atoms with Crippen molar-refractivity contribution >= 4 is 40.9 Å². The fourth-order valence-corrected chi connectivity index (χ4v) is 6.15. The quantitative estimate of drug-likeness (QED) is 0.482. The summed E-state index contributed by atoms with van der Waals surface area (Å²) in [6.07, 6.45) is 1.25. The van der Waals surface area contributed by atoms with Gasteiger partial charge in [-0.25, -0.2) is 9.18 Å². The number of halogens is 3. The molecule has 0 aromatic heterocycles. The zero-order valence-electron chi connectivity index (χ0n) is 22.6. The Kier molecular flexibility index (Phi) is 9.17. The van der Waals surface area contributed by atoms with Gasteiger partial charge in [-0.05, 0) is 48.9 Å². The molecule has 0 radical (unpaired) electrons. The van der Waals surface area contributed by atoms with Crippen LogP contribution in [0.2, 0.25) is 10.0 Å². The first-order valence-electron chi connectivity index (χ1n) is 13.8. The number of rotatable bonds is 8. The van der Waals surface area contributed by atoms with Gasteiger partial charge in [0, 0.05) is 64.7 Å². The smallest absolute Gasteiger partial charge is 0.414 e. The molecule has 2 aromatic carbocycles. The Morgan fingerprint density at radius 3 is 2.48 bits per heavy atom. The number of morpholine rings is 1. The molecule has 11 heteroatoms. The van der Waals surface area contributed by atoms with Gasteiger partial charge < -0.3 is 19.7 Å². The lowest BCUT2D eigenvalue weighted by Gasteiger charge is -2.46. The second-order valence-electron chi connectivity index (χ2n) is 10.7. The van der Waals surface area contributed by atoms with E-state index >= 15 is 0 Å². The summed E-state index contributed by atoms with van der Waals surface area (Å²) in [6, 6.07) is 9.84. The summed E-state index contributed by atoms with van der Waals surface area (Å²) in [5, 5.41) is 3.97. The van der Waals surface area contributed by atoms with Gasteiger partial charge in [-0.15, -0.1) is 0 Å². The molecule has 3 aliphatic heterocycles. The van der Waals surface area contributed by atoms with Gasteiger partial charge in [-0.1, -0.05) is 29.3 Å². The molecule has 0 bridgehead atoms. The van der Waals surface area contributed by atoms with Crippen LogP contribution in [0.5, 0.6) is 0 Å². The van der Waals surface area contributed by atoms with Crippen molar-refractivity contribution in [2.24, 2.45) is 0 Å². The fraction of sp³-hybridized carbons (Fsp3) is 0.517. The van der Waals surface area contributed by atoms with Crippen LogP contribution in [0.25, 0.3) is 0 Å². The molecule has 0 saturated carbocycles. The summed E-state index contributed by atoms with van der Waals surface area (Å²) >= 11 is 12.5. The molecule has 8 nitrogen and oxygen atoms in total. The van der Waals surface area contributed by atoms with E-state index in [-0.39, 0.29) is 11.7 Å². The number of hydrogen-bond donors (Lipinski definition) is 1. The lowest BCUT2D eigenvalue weighted by atomic mass is 9.81. The minimum atomic E-state index is -0.850. The molecule has 5 rings (SSSR count). The van der Waals surface area contributed by atoms with Gasteiger partial charge in [-0.3, -0.25) is 14.6 Å². The minimum Gasteiger partial charge on any atom is -0.437 e. The molecular formula is C29H35Cl2FN4O4. The van der Waals surface area contributed by atoms with Crippen molar-refractivity contribution in [2.75, 3.05) is 71.0 Å². The number of piperidine rings is 1. The highest BCUT2D eigenvalue weighted by atomic mass is 35.5. The first-order chi connectivity index (χ1) is 19.3. The van der Waals surface area contributed by atoms with Gasteiger partial charge in [0.25, 0.3) is 0 Å². The maximum absolute atomic E-state index is 14.2. The lowest BCUT2D eigenvalue weighted by Crippen LogP contribution is -2.51. The molecule has 0 aliphatic carbocycles. The summed E-state index contributed by atoms with van der Waals surface area (Å²) in [7, 11) is 1.64. The average Bonchev–Trinajstić information content (AvgIpc) is 2.95. The molecule has 1 N–H and O–H groups in total. The summed E-state index contributed by atoms with van der Waals surface area (Å²) in [6.45, 7) is 6.46. The highest BCUT2D eigenvalue weighted by Crippen LogP contribution is 2.45. The zero-order valence-corrected chi connectivity index (χ0v) is 24.1. The van der Waals surface area contributed by atoms with Crippen LogP contribution in [0.4, 0.5) is 14.9 Å². The number of fused-ring (bicyclic) bond motifs is 2. The Balaban J connectivity index is 1.23. The van der Waals surface area contributed by atoms with Crippen molar-refractivity contribution in [3.63, 3.8) is 0 Å². The molecule has 1 spiro atoms. The van der Waals surface area contributed by atoms with Crippen LogP contribution < -0.4 is 10.2 Å². The number of anilines is 1. The Hall–Kier alpha value is -2.43. The normalized spacial score (nSPS) is 20.2. The van der Waals surface area contributed by atoms with Crippen LogP contribution in [0, 0.1) is 5.82 Å². The molecule has 2 fully saturated rings. The number of carbonyl (C=O) groups is 2. The van der Waals surface area contributed by atoms with Gasteiger partial charge in [-0.2, -0.15) is 0 Å². The number of amides is 2. The molecule has 2 saturated heterocycles. The highest BCUT2D eigenvalue weighted by molar-refractivity contribution is 6.42. The number of benzene rings is 2. The number of ether oxygens (including phenoxy) is 2. The molecule has 2 amide bonds. The standard InChI is InChI=1S/C29H35Cl2FN4O4/c1-34-26-5-3-21(32)19-23(26)29(40-28(34)38)7-11-35(12-8-29)10-6-22(20-2-4-24(30)25(31)18-20)27(37)33-9-13-36-14-16-39-17-15-36/h2-5,18-19,22H,6-17H2,1H3,(H,33,37). The minimum absolute atomic E-state index is 0.0474. The molecule has 1 unspecified atom stereocenters. The summed E-state index contributed by atoms with van der Waals surface area (Å²) in [5.74, 6) is -0.795. The number of carbonyl (C=O) groups excluding carboxylic acids is 2.